The van der Waals surface area contributed by atoms with Gasteiger partial charge >= 0.3 is 5.82 Å². The third kappa shape index (κ3) is 2.57. The molecule has 2 rings (SSSR count). The number of pyridine rings is 1. The molecule has 0 bridgehead atoms. The number of nitrogens with one attached hydrogen (secondary N) is 1. The van der Waals surface area contributed by atoms with Gasteiger partial charge in [-0.25, -0.2) is 0 Å². The molecule has 0 aliphatic rings. The number of carbonyl (C=O) groups is 1. The number of nitro groups is 1. The van der Waals surface area contributed by atoms with Gasteiger partial charge in [0.25, 0.3) is 5.91 Å². The molecular formula is C11H10ClIN4O3. The number of carbonyl (C=O) groups excluding carboxylic acids is 1. The average molecular weight is 409 g/mol. The minimum absolute atomic E-state index is 0.201. The smallest absolute Gasteiger partial charge is 0.358 e. The van der Waals surface area contributed by atoms with E-state index in [1.807, 2.05) is 29.5 Å². The molecule has 0 aromatic carbocycles. The second kappa shape index (κ2) is 5.92. The van der Waals surface area contributed by atoms with Gasteiger partial charge in [-0.2, -0.15) is 9.38 Å². The van der Waals surface area contributed by atoms with Crippen molar-refractivity contribution in [1.29, 1.82) is 0 Å². The maximum absolute atomic E-state index is 12.0. The molecule has 0 saturated heterocycles. The fourth-order valence-electron chi connectivity index (χ4n) is 1.69. The van der Waals surface area contributed by atoms with Crippen LogP contribution in [0.25, 0.3) is 5.65 Å². The average Bonchev–Trinajstić information content (AvgIpc) is 2.80. The molecule has 0 fully saturated rings. The summed E-state index contributed by atoms with van der Waals surface area (Å²) in [5.41, 5.74) is -0.0285. The summed E-state index contributed by atoms with van der Waals surface area (Å²) in [5.74, 6) is -0.958. The summed E-state index contributed by atoms with van der Waals surface area (Å²) in [5, 5.41) is 14.0. The van der Waals surface area contributed by atoms with Crippen LogP contribution in [0, 0.1) is 13.7 Å². The lowest BCUT2D eigenvalue weighted by atomic mass is 10.4. The minimum atomic E-state index is -0.635. The Balaban J connectivity index is 2.65. The van der Waals surface area contributed by atoms with Crippen molar-refractivity contribution in [2.24, 2.45) is 0 Å². The second-order valence-corrected chi connectivity index (χ2v) is 5.51. The van der Waals surface area contributed by atoms with Gasteiger partial charge in [0.2, 0.25) is 11.3 Å². The van der Waals surface area contributed by atoms with Crippen molar-refractivity contribution in [2.45, 2.75) is 13.3 Å². The van der Waals surface area contributed by atoms with Crippen LogP contribution in [0.1, 0.15) is 23.8 Å². The number of hydrogen-bond acceptors (Lipinski definition) is 4. The second-order valence-electron chi connectivity index (χ2n) is 3.97. The van der Waals surface area contributed by atoms with Crippen LogP contribution in [0.2, 0.25) is 5.02 Å². The third-order valence-corrected chi connectivity index (χ3v) is 4.18. The van der Waals surface area contributed by atoms with E-state index in [4.69, 9.17) is 11.6 Å². The van der Waals surface area contributed by atoms with Crippen molar-refractivity contribution >= 4 is 51.6 Å². The Morgan fingerprint density at radius 2 is 2.35 bits per heavy atom. The molecule has 20 heavy (non-hydrogen) atoms. The summed E-state index contributed by atoms with van der Waals surface area (Å²) in [6.07, 6.45) is 2.20. The van der Waals surface area contributed by atoms with Gasteiger partial charge in [-0.15, -0.1) is 0 Å². The Morgan fingerprint density at radius 3 is 2.95 bits per heavy atom. The van der Waals surface area contributed by atoms with E-state index in [-0.39, 0.29) is 22.2 Å². The van der Waals surface area contributed by atoms with Crippen LogP contribution in [-0.2, 0) is 0 Å². The maximum atomic E-state index is 12.0. The van der Waals surface area contributed by atoms with Crippen molar-refractivity contribution < 1.29 is 9.72 Å². The topological polar surface area (TPSA) is 89.5 Å². The van der Waals surface area contributed by atoms with E-state index >= 15 is 0 Å². The molecule has 0 spiro atoms. The first-order valence-corrected chi connectivity index (χ1v) is 7.21. The molecule has 0 aliphatic heterocycles. The van der Waals surface area contributed by atoms with Gasteiger partial charge in [0.05, 0.1) is 6.20 Å². The van der Waals surface area contributed by atoms with Crippen molar-refractivity contribution in [1.82, 2.24) is 14.7 Å². The quantitative estimate of drug-likeness (QED) is 0.478. The SMILES string of the molecule is CCCNC(=O)c1nc2c(Cl)c(I)ccn2c1[N+](=O)[O-]. The van der Waals surface area contributed by atoms with Crippen LogP contribution in [0.4, 0.5) is 5.82 Å². The number of aromatic nitrogens is 2. The number of amides is 1. The summed E-state index contributed by atoms with van der Waals surface area (Å²) in [7, 11) is 0. The maximum Gasteiger partial charge on any atom is 0.361 e. The fourth-order valence-corrected chi connectivity index (χ4v) is 2.29. The van der Waals surface area contributed by atoms with Crippen molar-refractivity contribution in [3.8, 4) is 0 Å². The highest BCUT2D eigenvalue weighted by molar-refractivity contribution is 14.1. The Labute approximate surface area is 132 Å². The summed E-state index contributed by atoms with van der Waals surface area (Å²) in [6.45, 7) is 2.31. The zero-order valence-corrected chi connectivity index (χ0v) is 13.3. The van der Waals surface area contributed by atoms with E-state index in [9.17, 15) is 14.9 Å². The first kappa shape index (κ1) is 15.0. The Kier molecular flexibility index (Phi) is 4.43. The molecule has 2 heterocycles. The van der Waals surface area contributed by atoms with E-state index in [0.29, 0.717) is 10.1 Å². The monoisotopic (exact) mass is 408 g/mol. The molecule has 0 saturated carbocycles. The van der Waals surface area contributed by atoms with Gasteiger partial charge in [-0.05, 0) is 40.0 Å². The van der Waals surface area contributed by atoms with Crippen LogP contribution in [0.3, 0.4) is 0 Å². The van der Waals surface area contributed by atoms with Gasteiger partial charge in [-0.3, -0.25) is 4.79 Å². The largest absolute Gasteiger partial charge is 0.361 e. The zero-order chi connectivity index (χ0) is 14.9. The molecule has 2 aromatic heterocycles. The van der Waals surface area contributed by atoms with Crippen LogP contribution in [0.15, 0.2) is 12.3 Å². The van der Waals surface area contributed by atoms with E-state index in [0.717, 1.165) is 6.42 Å². The first-order chi connectivity index (χ1) is 9.47. The summed E-state index contributed by atoms with van der Waals surface area (Å²) < 4.78 is 1.92. The molecule has 106 valence electrons. The summed E-state index contributed by atoms with van der Waals surface area (Å²) >= 11 is 8.07. The van der Waals surface area contributed by atoms with Gasteiger partial charge in [0, 0.05) is 10.1 Å². The van der Waals surface area contributed by atoms with Crippen molar-refractivity contribution in [2.75, 3.05) is 6.54 Å². The lowest BCUT2D eigenvalue weighted by Gasteiger charge is -2.00. The standard InChI is InChI=1S/C11H10ClIN4O3/c1-2-4-14-10(18)8-11(17(19)20)16-5-3-6(13)7(12)9(16)15-8/h3,5H,2,4H2,1H3,(H,14,18). The zero-order valence-electron chi connectivity index (χ0n) is 10.4. The molecule has 9 heteroatoms. The highest BCUT2D eigenvalue weighted by Gasteiger charge is 2.29. The number of imidazole rings is 1. The van der Waals surface area contributed by atoms with E-state index in [1.165, 1.54) is 10.6 Å². The Morgan fingerprint density at radius 1 is 1.65 bits per heavy atom. The molecule has 0 atom stereocenters. The van der Waals surface area contributed by atoms with E-state index < -0.39 is 10.8 Å². The molecule has 1 N–H and O–H groups in total. The molecular weight excluding hydrogens is 399 g/mol. The number of hydrogen-bond donors (Lipinski definition) is 1. The molecule has 0 unspecified atom stereocenters. The highest BCUT2D eigenvalue weighted by Crippen LogP contribution is 2.28. The van der Waals surface area contributed by atoms with Gasteiger partial charge in [0.15, 0.2) is 0 Å². The molecule has 0 radical (unpaired) electrons. The van der Waals surface area contributed by atoms with Crippen molar-refractivity contribution in [3.63, 3.8) is 0 Å². The van der Waals surface area contributed by atoms with Crippen LogP contribution < -0.4 is 5.32 Å². The Hall–Kier alpha value is -1.42. The summed E-state index contributed by atoms with van der Waals surface area (Å²) in [6, 6.07) is 1.62. The minimum Gasteiger partial charge on any atom is -0.358 e. The Bertz CT molecular complexity index is 701. The van der Waals surface area contributed by atoms with E-state index in [2.05, 4.69) is 10.3 Å². The molecule has 2 aromatic rings. The molecule has 0 aliphatic carbocycles. The van der Waals surface area contributed by atoms with Crippen LogP contribution >= 0.6 is 34.2 Å². The fraction of sp³-hybridized carbons (Fsp3) is 0.273. The van der Waals surface area contributed by atoms with Gasteiger partial charge in [-0.1, -0.05) is 18.5 Å². The van der Waals surface area contributed by atoms with Crippen LogP contribution in [0.5, 0.6) is 0 Å². The number of rotatable bonds is 4. The van der Waals surface area contributed by atoms with Crippen molar-refractivity contribution in [3.05, 3.63) is 36.7 Å². The highest BCUT2D eigenvalue weighted by atomic mass is 127. The van der Waals surface area contributed by atoms with Crippen LogP contribution in [-0.4, -0.2) is 26.8 Å². The van der Waals surface area contributed by atoms with Gasteiger partial charge in [0.1, 0.15) is 5.02 Å². The van der Waals surface area contributed by atoms with Gasteiger partial charge < -0.3 is 15.4 Å². The first-order valence-electron chi connectivity index (χ1n) is 5.76. The number of fused-ring (bicyclic) bond motifs is 1. The predicted octanol–water partition coefficient (Wildman–Crippen LogP) is 2.64. The third-order valence-electron chi connectivity index (χ3n) is 2.59. The predicted molar refractivity (Wildman–Crippen MR) is 82.2 cm³/mol. The number of nitrogens with zero attached hydrogens (tertiary/aromatic N) is 3. The molecule has 1 amide bonds. The number of halogens is 2. The lowest BCUT2D eigenvalue weighted by Crippen LogP contribution is -2.25. The lowest BCUT2D eigenvalue weighted by molar-refractivity contribution is -0.390. The molecule has 7 nitrogen and oxygen atoms in total. The van der Waals surface area contributed by atoms with E-state index in [1.54, 1.807) is 6.07 Å². The summed E-state index contributed by atoms with van der Waals surface area (Å²) in [4.78, 5) is 26.5. The normalized spacial score (nSPS) is 10.8.